The molecule has 0 aromatic heterocycles. The second-order valence-electron chi connectivity index (χ2n) is 15.1. The number of nitrogens with one attached hydrogen (secondary N) is 4. The Labute approximate surface area is 336 Å². The van der Waals surface area contributed by atoms with Crippen LogP contribution in [0.1, 0.15) is 83.2 Å². The zero-order valence-corrected chi connectivity index (χ0v) is 37.0. The number of halogens is 4. The summed E-state index contributed by atoms with van der Waals surface area (Å²) in [5.74, 6) is 0. The van der Waals surface area contributed by atoms with Crippen molar-refractivity contribution < 1.29 is 42.5 Å². The average molecular weight is 971 g/mol. The molecule has 284 valence electrons. The van der Waals surface area contributed by atoms with E-state index in [-0.39, 0.29) is 24.3 Å². The molecule has 2 amide bonds. The summed E-state index contributed by atoms with van der Waals surface area (Å²) in [6.45, 7) is 14.0. The fourth-order valence-electron chi connectivity index (χ4n) is 5.29. The first kappa shape index (κ1) is 45.0. The van der Waals surface area contributed by atoms with Gasteiger partial charge in [0.2, 0.25) is 0 Å². The zero-order chi connectivity index (χ0) is 38.2. The number of quaternary nitrogens is 1. The van der Waals surface area contributed by atoms with E-state index in [0.717, 1.165) is 63.0 Å². The van der Waals surface area contributed by atoms with Crippen molar-refractivity contribution in [3.05, 3.63) is 93.1 Å². The number of amides is 2. The van der Waals surface area contributed by atoms with Crippen LogP contribution >= 0.6 is 40.4 Å². The van der Waals surface area contributed by atoms with Crippen molar-refractivity contribution in [2.24, 2.45) is 0 Å². The van der Waals surface area contributed by atoms with Crippen LogP contribution < -0.4 is 40.2 Å². The number of alkyl carbamates (subject to hydrolysis) is 2. The molecule has 2 atom stereocenters. The van der Waals surface area contributed by atoms with Gasteiger partial charge in [-0.1, -0.05) is 48.5 Å². The second kappa shape index (κ2) is 21.5. The van der Waals surface area contributed by atoms with E-state index in [1.807, 2.05) is 65.8 Å². The molecule has 2 heterocycles. The number of hydrogen-bond donors (Lipinski definition) is 4. The van der Waals surface area contributed by atoms with Gasteiger partial charge in [-0.3, -0.25) is 0 Å². The standard InChI is InChI=1S/C14H19IN2O2.C14H20N2O2.C10H16N.Cl2I/c1-14(2,3)19-13(18)17-12-6-7-16-11-5-4-9(15)8-10(11)12;1-14(2,3)18-13(17)16-12-8-9-15-11-7-5-4-6-10(11)12;1-11(2,3)9-10-7-5-4-6-8-10;1-3-2/h4-5,8,12,16H,6-7H2,1-3H3,(H,17,18);4-7,12,15H,8-9H2,1-3H3,(H,16,17);4-8H,9H2,1-3H3;/q;;+1;-1. The molecule has 51 heavy (non-hydrogen) atoms. The van der Waals surface area contributed by atoms with E-state index in [4.69, 9.17) is 27.3 Å². The number of fused-ring (bicyclic) bond motifs is 2. The van der Waals surface area contributed by atoms with Crippen LogP contribution in [0.3, 0.4) is 0 Å². The number of anilines is 2. The normalized spacial score (nSPS) is 16.2. The number of hydrogen-bond acceptors (Lipinski definition) is 6. The minimum absolute atomic E-state index is 0.0146. The number of carbonyl (C=O) groups excluding carboxylic acids is 2. The first-order chi connectivity index (χ1) is 23.8. The molecule has 2 aliphatic heterocycles. The Balaban J connectivity index is 0.000000263. The van der Waals surface area contributed by atoms with Crippen LogP contribution in [-0.2, 0) is 16.0 Å². The van der Waals surface area contributed by atoms with E-state index in [1.54, 1.807) is 0 Å². The van der Waals surface area contributed by atoms with Crippen LogP contribution in [0.25, 0.3) is 0 Å². The quantitative estimate of drug-likeness (QED) is 0.166. The summed E-state index contributed by atoms with van der Waals surface area (Å²) >= 11 is 1.81. The van der Waals surface area contributed by atoms with E-state index >= 15 is 0 Å². The van der Waals surface area contributed by atoms with E-state index < -0.39 is 30.1 Å². The SMILES string of the molecule is CC(C)(C)OC(=O)NC1CCNc2ccc(I)cc21.CC(C)(C)OC(=O)NC1CCNc2ccccc21.C[N+](C)(C)Cc1ccccc1.Cl[I-]Cl. The van der Waals surface area contributed by atoms with Gasteiger partial charge in [0.1, 0.15) is 17.7 Å². The predicted octanol–water partition coefficient (Wildman–Crippen LogP) is 7.02. The van der Waals surface area contributed by atoms with E-state index in [9.17, 15) is 9.59 Å². The molecule has 3 aromatic rings. The van der Waals surface area contributed by atoms with Crippen LogP contribution in [-0.4, -0.2) is 62.1 Å². The van der Waals surface area contributed by atoms with Gasteiger partial charge in [0.25, 0.3) is 0 Å². The summed E-state index contributed by atoms with van der Waals surface area (Å²) in [4.78, 5) is 23.6. The van der Waals surface area contributed by atoms with Crippen molar-refractivity contribution in [2.45, 2.75) is 84.2 Å². The summed E-state index contributed by atoms with van der Waals surface area (Å²) in [6, 6.07) is 24.9. The van der Waals surface area contributed by atoms with Gasteiger partial charge >= 0.3 is 49.0 Å². The Morgan fingerprint density at radius 2 is 1.22 bits per heavy atom. The number of nitrogens with zero attached hydrogens (tertiary/aromatic N) is 1. The molecule has 3 aromatic carbocycles. The fraction of sp³-hybridized carbons (Fsp3) is 0.474. The van der Waals surface area contributed by atoms with Crippen LogP contribution in [0.4, 0.5) is 21.0 Å². The number of carbonyl (C=O) groups is 2. The maximum absolute atomic E-state index is 11.9. The molecular formula is C38H55Cl2I2N5O4. The van der Waals surface area contributed by atoms with Gasteiger partial charge < -0.3 is 35.2 Å². The van der Waals surface area contributed by atoms with Crippen LogP contribution in [0.15, 0.2) is 72.8 Å². The summed E-state index contributed by atoms with van der Waals surface area (Å²) in [6.07, 6.45) is 1.02. The number of rotatable bonds is 4. The number of benzene rings is 3. The molecule has 5 rings (SSSR count). The van der Waals surface area contributed by atoms with E-state index in [0.29, 0.717) is 0 Å². The van der Waals surface area contributed by atoms with Gasteiger partial charge in [0.05, 0.1) is 33.2 Å². The molecule has 4 N–H and O–H groups in total. The topological polar surface area (TPSA) is 101 Å². The first-order valence-corrected chi connectivity index (χ1v) is 23.4. The maximum atomic E-state index is 11.9. The van der Waals surface area contributed by atoms with Gasteiger partial charge in [-0.15, -0.1) is 0 Å². The number of ether oxygens (including phenoxy) is 2. The van der Waals surface area contributed by atoms with Crippen LogP contribution in [0.2, 0.25) is 0 Å². The molecular weight excluding hydrogens is 915 g/mol. The van der Waals surface area contributed by atoms with Gasteiger partial charge in [-0.25, -0.2) is 9.59 Å². The first-order valence-electron chi connectivity index (χ1n) is 16.9. The average Bonchev–Trinajstić information content (AvgIpc) is 3.00. The summed E-state index contributed by atoms with van der Waals surface area (Å²) < 4.78 is 12.8. The van der Waals surface area contributed by atoms with E-state index in [1.165, 1.54) is 5.56 Å². The molecule has 0 saturated heterocycles. The van der Waals surface area contributed by atoms with Crippen molar-refractivity contribution in [3.63, 3.8) is 0 Å². The predicted molar refractivity (Wildman–Crippen MR) is 216 cm³/mol. The third-order valence-electron chi connectivity index (χ3n) is 7.10. The summed E-state index contributed by atoms with van der Waals surface area (Å²) in [7, 11) is 16.4. The Hall–Kier alpha value is -2.20. The molecule has 9 nitrogen and oxygen atoms in total. The third-order valence-corrected chi connectivity index (χ3v) is 7.77. The molecule has 0 radical (unpaired) electrons. The van der Waals surface area contributed by atoms with E-state index in [2.05, 4.69) is 114 Å². The Kier molecular flexibility index (Phi) is 18.9. The third kappa shape index (κ3) is 18.9. The monoisotopic (exact) mass is 969 g/mol. The Morgan fingerprint density at radius 3 is 1.71 bits per heavy atom. The molecule has 13 heteroatoms. The van der Waals surface area contributed by atoms with Crippen molar-refractivity contribution >= 4 is 64.0 Å². The second-order valence-corrected chi connectivity index (χ2v) is 19.6. The van der Waals surface area contributed by atoms with Gasteiger partial charge in [-0.05, 0) is 112 Å². The van der Waals surface area contributed by atoms with Crippen molar-refractivity contribution in [1.82, 2.24) is 10.6 Å². The Morgan fingerprint density at radius 1 is 0.765 bits per heavy atom. The minimum atomic E-state index is -0.467. The Bertz CT molecular complexity index is 1510. The molecule has 0 spiro atoms. The van der Waals surface area contributed by atoms with Crippen molar-refractivity contribution in [3.8, 4) is 0 Å². The molecule has 2 aliphatic rings. The molecule has 2 unspecified atom stereocenters. The molecule has 0 saturated carbocycles. The van der Waals surface area contributed by atoms with Crippen molar-refractivity contribution in [2.75, 3.05) is 44.9 Å². The molecule has 0 aliphatic carbocycles. The van der Waals surface area contributed by atoms with Gasteiger partial charge in [0, 0.05) is 33.6 Å². The van der Waals surface area contributed by atoms with Crippen LogP contribution in [0.5, 0.6) is 0 Å². The molecule has 0 bridgehead atoms. The zero-order valence-electron chi connectivity index (χ0n) is 31.2. The van der Waals surface area contributed by atoms with Gasteiger partial charge in [-0.2, -0.15) is 0 Å². The number of para-hydroxylation sites is 1. The van der Waals surface area contributed by atoms with Gasteiger partial charge in [0.15, 0.2) is 0 Å². The van der Waals surface area contributed by atoms with Crippen molar-refractivity contribution in [1.29, 1.82) is 0 Å². The molecule has 0 fully saturated rings. The summed E-state index contributed by atoms with van der Waals surface area (Å²) in [5, 5.41) is 12.6. The fourth-order valence-corrected chi connectivity index (χ4v) is 5.80. The summed E-state index contributed by atoms with van der Waals surface area (Å²) in [5.41, 5.74) is 4.90. The van der Waals surface area contributed by atoms with Crippen LogP contribution in [0, 0.1) is 3.57 Å².